The van der Waals surface area contributed by atoms with Crippen LogP contribution in [0.2, 0.25) is 0 Å². The minimum Gasteiger partial charge on any atom is -0.309 e. The normalized spacial score (nSPS) is 12.1. The molecule has 0 aliphatic heterocycles. The fourth-order valence-corrected chi connectivity index (χ4v) is 6.32. The smallest absolute Gasteiger partial charge is 0.309 e. The minimum absolute atomic E-state index is 0.235. The van der Waals surface area contributed by atoms with Crippen LogP contribution in [-0.4, -0.2) is 19.5 Å². The van der Waals surface area contributed by atoms with Crippen molar-refractivity contribution in [3.63, 3.8) is 0 Å². The number of aromatic nitrogens is 4. The van der Waals surface area contributed by atoms with Crippen LogP contribution in [0.5, 0.6) is 0 Å². The molecule has 0 amide bonds. The quantitative estimate of drug-likeness (QED) is 0.169. The van der Waals surface area contributed by atoms with E-state index in [0.29, 0.717) is 50.3 Å². The Balaban J connectivity index is 1.41. The summed E-state index contributed by atoms with van der Waals surface area (Å²) < 4.78 is 85.3. The summed E-state index contributed by atoms with van der Waals surface area (Å²) in [6.45, 7) is 0. The van der Waals surface area contributed by atoms with Gasteiger partial charge in [-0.2, -0.15) is 26.3 Å². The molecule has 10 heteroatoms. The lowest BCUT2D eigenvalue weighted by atomic mass is 9.96. The molecule has 0 N–H and O–H groups in total. The van der Waals surface area contributed by atoms with Gasteiger partial charge in [0.2, 0.25) is 0 Å². The van der Waals surface area contributed by atoms with Gasteiger partial charge in [-0.05, 0) is 65.7 Å². The number of hydrogen-bond acceptors (Lipinski definition) is 3. The summed E-state index contributed by atoms with van der Waals surface area (Å²) >= 11 is 0. The molecule has 6 aromatic carbocycles. The van der Waals surface area contributed by atoms with E-state index in [1.165, 1.54) is 12.1 Å². The van der Waals surface area contributed by atoms with Crippen LogP contribution >= 0.6 is 0 Å². The molecule has 4 nitrogen and oxygen atoms in total. The van der Waals surface area contributed by atoms with Gasteiger partial charge >= 0.3 is 12.4 Å². The molecule has 0 radical (unpaired) electrons. The molecular weight excluding hydrogens is 662 g/mol. The Bertz CT molecular complexity index is 2500. The maximum atomic E-state index is 14.0. The van der Waals surface area contributed by atoms with Gasteiger partial charge in [-0.3, -0.25) is 0 Å². The molecule has 0 saturated carbocycles. The van der Waals surface area contributed by atoms with Crippen molar-refractivity contribution >= 4 is 21.8 Å². The number of halogens is 6. The zero-order valence-corrected chi connectivity index (χ0v) is 26.4. The monoisotopic (exact) mass is 686 g/mol. The first-order valence-electron chi connectivity index (χ1n) is 15.8. The molecule has 0 bridgehead atoms. The molecule has 0 saturated heterocycles. The van der Waals surface area contributed by atoms with Crippen LogP contribution in [0, 0.1) is 0 Å². The summed E-state index contributed by atoms with van der Waals surface area (Å²) in [6, 6.07) is 39.4. The lowest BCUT2D eigenvalue weighted by Gasteiger charge is -2.16. The number of fused-ring (bicyclic) bond motifs is 3. The topological polar surface area (TPSA) is 43.6 Å². The van der Waals surface area contributed by atoms with Crippen molar-refractivity contribution < 1.29 is 26.3 Å². The van der Waals surface area contributed by atoms with Crippen LogP contribution < -0.4 is 0 Å². The SMILES string of the molecule is FC(F)(F)c1cccc(-c2cc(-n3c4ccccc4c4cc(C(F)(F)F)ccc43)ccc2-c2nc(-c3ccccc3)nc(-c3ccccc3)n2)c1. The summed E-state index contributed by atoms with van der Waals surface area (Å²) in [5.74, 6) is 0.987. The van der Waals surface area contributed by atoms with E-state index in [0.717, 1.165) is 35.4 Å². The van der Waals surface area contributed by atoms with Crippen molar-refractivity contribution in [3.05, 3.63) is 157 Å². The maximum Gasteiger partial charge on any atom is 0.416 e. The highest BCUT2D eigenvalue weighted by atomic mass is 19.4. The Hall–Kier alpha value is -6.29. The minimum atomic E-state index is -4.61. The number of hydrogen-bond donors (Lipinski definition) is 0. The Kier molecular flexibility index (Phi) is 7.67. The Labute approximate surface area is 287 Å². The Morgan fingerprint density at radius 2 is 0.941 bits per heavy atom. The molecule has 2 heterocycles. The second-order valence-corrected chi connectivity index (χ2v) is 11.9. The molecule has 0 aliphatic rings. The first kappa shape index (κ1) is 31.9. The van der Waals surface area contributed by atoms with Crippen molar-refractivity contribution in [3.8, 4) is 51.0 Å². The van der Waals surface area contributed by atoms with E-state index < -0.39 is 23.5 Å². The summed E-state index contributed by atoms with van der Waals surface area (Å²) in [4.78, 5) is 14.4. The molecule has 250 valence electrons. The summed E-state index contributed by atoms with van der Waals surface area (Å²) in [7, 11) is 0. The maximum absolute atomic E-state index is 14.0. The van der Waals surface area contributed by atoms with Crippen molar-refractivity contribution in [2.45, 2.75) is 12.4 Å². The van der Waals surface area contributed by atoms with Crippen molar-refractivity contribution in [1.82, 2.24) is 19.5 Å². The van der Waals surface area contributed by atoms with Gasteiger partial charge in [-0.25, -0.2) is 15.0 Å². The van der Waals surface area contributed by atoms with Crippen LogP contribution in [0.1, 0.15) is 11.1 Å². The Morgan fingerprint density at radius 3 is 1.59 bits per heavy atom. The van der Waals surface area contributed by atoms with Gasteiger partial charge in [0.15, 0.2) is 17.5 Å². The molecule has 0 atom stereocenters. The fourth-order valence-electron chi connectivity index (χ4n) is 6.32. The average molecular weight is 687 g/mol. The summed E-state index contributed by atoms with van der Waals surface area (Å²) in [5, 5.41) is 0.989. The van der Waals surface area contributed by atoms with Crippen LogP contribution in [0.15, 0.2) is 146 Å². The summed E-state index contributed by atoms with van der Waals surface area (Å²) in [5.41, 5.74) is 2.57. The van der Waals surface area contributed by atoms with E-state index in [1.807, 2.05) is 65.2 Å². The Morgan fingerprint density at radius 1 is 0.392 bits per heavy atom. The van der Waals surface area contributed by atoms with Gasteiger partial charge in [-0.1, -0.05) is 91.0 Å². The van der Waals surface area contributed by atoms with E-state index >= 15 is 0 Å². The van der Waals surface area contributed by atoms with Crippen LogP contribution in [-0.2, 0) is 12.4 Å². The van der Waals surface area contributed by atoms with Crippen molar-refractivity contribution in [2.75, 3.05) is 0 Å². The lowest BCUT2D eigenvalue weighted by molar-refractivity contribution is -0.138. The van der Waals surface area contributed by atoms with Gasteiger partial charge < -0.3 is 4.57 Å². The number of nitrogens with zero attached hydrogens (tertiary/aromatic N) is 4. The third-order valence-corrected chi connectivity index (χ3v) is 8.70. The second-order valence-electron chi connectivity index (χ2n) is 11.9. The van der Waals surface area contributed by atoms with Gasteiger partial charge in [0.25, 0.3) is 0 Å². The first-order valence-corrected chi connectivity index (χ1v) is 15.8. The van der Waals surface area contributed by atoms with Crippen LogP contribution in [0.3, 0.4) is 0 Å². The lowest BCUT2D eigenvalue weighted by Crippen LogP contribution is -2.05. The largest absolute Gasteiger partial charge is 0.416 e. The number of alkyl halides is 6. The third-order valence-electron chi connectivity index (χ3n) is 8.70. The van der Waals surface area contributed by atoms with E-state index in [4.69, 9.17) is 15.0 Å². The van der Waals surface area contributed by atoms with Gasteiger partial charge in [0.1, 0.15) is 0 Å². The number of para-hydroxylation sites is 1. The summed E-state index contributed by atoms with van der Waals surface area (Å²) in [6.07, 6.45) is -9.15. The highest BCUT2D eigenvalue weighted by Crippen LogP contribution is 2.41. The number of rotatable bonds is 5. The molecule has 0 aliphatic carbocycles. The molecule has 8 rings (SSSR count). The molecule has 0 spiro atoms. The number of benzene rings is 6. The highest BCUT2D eigenvalue weighted by Gasteiger charge is 2.32. The van der Waals surface area contributed by atoms with Gasteiger partial charge in [0, 0.05) is 33.2 Å². The van der Waals surface area contributed by atoms with E-state index in [1.54, 1.807) is 48.5 Å². The zero-order valence-electron chi connectivity index (χ0n) is 26.4. The molecule has 0 unspecified atom stereocenters. The third kappa shape index (κ3) is 5.99. The van der Waals surface area contributed by atoms with E-state index in [9.17, 15) is 26.3 Å². The second kappa shape index (κ2) is 12.2. The molecule has 2 aromatic heterocycles. The van der Waals surface area contributed by atoms with Gasteiger partial charge in [0.05, 0.1) is 22.2 Å². The first-order chi connectivity index (χ1) is 24.5. The molecule has 51 heavy (non-hydrogen) atoms. The van der Waals surface area contributed by atoms with E-state index in [2.05, 4.69) is 0 Å². The van der Waals surface area contributed by atoms with Gasteiger partial charge in [-0.15, -0.1) is 0 Å². The van der Waals surface area contributed by atoms with Crippen LogP contribution in [0.4, 0.5) is 26.3 Å². The standard InChI is InChI=1S/C41H24F6N4/c42-40(43,44)28-15-9-14-27(22-28)33-24-30(51-35-17-8-7-16-31(35)34-23-29(41(45,46)47)18-21-36(34)51)19-20-32(33)39-49-37(25-10-3-1-4-11-25)48-38(50-39)26-12-5-2-6-13-26/h1-24H. The average Bonchev–Trinajstić information content (AvgIpc) is 3.48. The van der Waals surface area contributed by atoms with Crippen LogP contribution in [0.25, 0.3) is 72.8 Å². The fraction of sp³-hybridized carbons (Fsp3) is 0.0488. The predicted molar refractivity (Wildman–Crippen MR) is 186 cm³/mol. The van der Waals surface area contributed by atoms with Crippen molar-refractivity contribution in [2.24, 2.45) is 0 Å². The molecule has 0 fully saturated rings. The van der Waals surface area contributed by atoms with Crippen molar-refractivity contribution in [1.29, 1.82) is 0 Å². The highest BCUT2D eigenvalue weighted by molar-refractivity contribution is 6.09. The van der Waals surface area contributed by atoms with E-state index in [-0.39, 0.29) is 11.4 Å². The molecular formula is C41H24F6N4. The zero-order chi connectivity index (χ0) is 35.3. The molecule has 8 aromatic rings. The predicted octanol–water partition coefficient (Wildman–Crippen LogP) is 11.7.